The van der Waals surface area contributed by atoms with Crippen molar-refractivity contribution in [3.63, 3.8) is 0 Å². The number of carbonyl (C=O) groups is 1. The van der Waals surface area contributed by atoms with Crippen molar-refractivity contribution in [1.29, 1.82) is 0 Å². The van der Waals surface area contributed by atoms with Crippen LogP contribution in [0.3, 0.4) is 0 Å². The second kappa shape index (κ2) is 8.20. The van der Waals surface area contributed by atoms with Crippen LogP contribution >= 0.6 is 0 Å². The fourth-order valence-corrected chi connectivity index (χ4v) is 2.49. The van der Waals surface area contributed by atoms with Crippen molar-refractivity contribution in [1.82, 2.24) is 15.2 Å². The molecule has 0 bridgehead atoms. The number of aldehydes is 1. The normalized spacial score (nSPS) is 12.6. The number of aryl methyl sites for hydroxylation is 1. The van der Waals surface area contributed by atoms with Crippen molar-refractivity contribution < 1.29 is 18.0 Å². The van der Waals surface area contributed by atoms with Gasteiger partial charge in [0, 0.05) is 30.7 Å². The Hall–Kier alpha value is -2.90. The highest BCUT2D eigenvalue weighted by Crippen LogP contribution is 2.31. The first-order chi connectivity index (χ1) is 12.7. The highest BCUT2D eigenvalue weighted by atomic mass is 19.4. The number of allylic oxidation sites excluding steroid dienone is 1. The Kier molecular flexibility index (Phi) is 6.20. The van der Waals surface area contributed by atoms with E-state index in [0.717, 1.165) is 23.4 Å². The van der Waals surface area contributed by atoms with Crippen LogP contribution < -0.4 is 4.90 Å². The number of nitrogens with zero attached hydrogens (tertiary/aromatic N) is 3. The third kappa shape index (κ3) is 4.64. The van der Waals surface area contributed by atoms with Crippen LogP contribution in [0.4, 0.5) is 18.9 Å². The van der Waals surface area contributed by atoms with E-state index in [0.29, 0.717) is 0 Å². The van der Waals surface area contributed by atoms with Crippen LogP contribution in [0.2, 0.25) is 0 Å². The topological polar surface area (TPSA) is 61.9 Å². The van der Waals surface area contributed by atoms with Gasteiger partial charge in [-0.1, -0.05) is 18.6 Å². The Labute approximate surface area is 155 Å². The number of anilines is 1. The zero-order valence-electron chi connectivity index (χ0n) is 15.6. The lowest BCUT2D eigenvalue weighted by molar-refractivity contribution is -0.141. The zero-order chi connectivity index (χ0) is 20.2. The number of aromatic nitrogens is 3. The van der Waals surface area contributed by atoms with Gasteiger partial charge in [0.05, 0.1) is 16.9 Å². The molecule has 27 heavy (non-hydrogen) atoms. The van der Waals surface area contributed by atoms with Crippen molar-refractivity contribution in [3.8, 4) is 0 Å². The molecule has 0 saturated carbocycles. The van der Waals surface area contributed by atoms with Gasteiger partial charge >= 0.3 is 6.18 Å². The predicted octanol–water partition coefficient (Wildman–Crippen LogP) is 4.86. The summed E-state index contributed by atoms with van der Waals surface area (Å²) >= 11 is 0. The van der Waals surface area contributed by atoms with Gasteiger partial charge in [-0.2, -0.15) is 18.3 Å². The number of H-pyrrole nitrogens is 1. The fraction of sp³-hybridized carbons (Fsp3) is 0.316. The van der Waals surface area contributed by atoms with Crippen LogP contribution in [-0.4, -0.2) is 28.5 Å². The molecule has 1 N–H and O–H groups in total. The van der Waals surface area contributed by atoms with Gasteiger partial charge in [0.1, 0.15) is 0 Å². The van der Waals surface area contributed by atoms with Gasteiger partial charge in [-0.25, -0.2) is 0 Å². The Bertz CT molecular complexity index is 882. The second-order valence-corrected chi connectivity index (χ2v) is 6.11. The highest BCUT2D eigenvalue weighted by molar-refractivity contribution is 5.83. The van der Waals surface area contributed by atoms with Crippen LogP contribution in [0.5, 0.6) is 0 Å². The monoisotopic (exact) mass is 378 g/mol. The Morgan fingerprint density at radius 1 is 1.33 bits per heavy atom. The third-order valence-electron chi connectivity index (χ3n) is 4.19. The minimum absolute atomic E-state index is 0.0724. The lowest BCUT2D eigenvalue weighted by atomic mass is 10.1. The Morgan fingerprint density at radius 3 is 2.63 bits per heavy atom. The van der Waals surface area contributed by atoms with E-state index in [-0.39, 0.29) is 12.0 Å². The molecule has 0 aliphatic rings. The number of hydrogen-bond donors (Lipinski definition) is 1. The van der Waals surface area contributed by atoms with Crippen molar-refractivity contribution in [2.24, 2.45) is 0 Å². The molecule has 0 amide bonds. The molecule has 0 unspecified atom stereocenters. The summed E-state index contributed by atoms with van der Waals surface area (Å²) in [6, 6.07) is 1.82. The number of pyridine rings is 1. The number of alkyl halides is 3. The molecule has 144 valence electrons. The smallest absolute Gasteiger partial charge is 0.350 e. The van der Waals surface area contributed by atoms with E-state index in [2.05, 4.69) is 17.0 Å². The first-order valence-electron chi connectivity index (χ1n) is 8.33. The van der Waals surface area contributed by atoms with E-state index in [1.165, 1.54) is 11.6 Å². The molecule has 8 heteroatoms. The molecule has 2 aromatic rings. The average Bonchev–Trinajstić information content (AvgIpc) is 3.04. The summed E-state index contributed by atoms with van der Waals surface area (Å²) in [5.74, 6) is 0. The summed E-state index contributed by atoms with van der Waals surface area (Å²) in [7, 11) is 1.77. The van der Waals surface area contributed by atoms with Gasteiger partial charge in [-0.15, -0.1) is 0 Å². The minimum atomic E-state index is -4.67. The molecule has 2 heterocycles. The van der Waals surface area contributed by atoms with Crippen LogP contribution in [0.1, 0.15) is 53.3 Å². The molecule has 0 atom stereocenters. The maximum absolute atomic E-state index is 12.9. The first kappa shape index (κ1) is 20.4. The molecule has 2 rings (SSSR count). The van der Waals surface area contributed by atoms with Crippen molar-refractivity contribution in [2.45, 2.75) is 33.4 Å². The van der Waals surface area contributed by atoms with Gasteiger partial charge < -0.3 is 4.90 Å². The molecule has 2 aromatic heterocycles. The number of halogens is 3. The zero-order valence-corrected chi connectivity index (χ0v) is 15.6. The van der Waals surface area contributed by atoms with Gasteiger partial charge in [0.25, 0.3) is 0 Å². The summed E-state index contributed by atoms with van der Waals surface area (Å²) in [6.07, 6.45) is 3.02. The molecule has 5 nitrogen and oxygen atoms in total. The SMILES string of the molecule is CC/C(C)=C/c1c(N(C)/C=C\c2n[nH]c(C(F)(F)F)c2C=O)ccnc1C. The molecule has 0 fully saturated rings. The number of nitrogens with one attached hydrogen (secondary N) is 1. The van der Waals surface area contributed by atoms with Crippen molar-refractivity contribution >= 4 is 24.1 Å². The second-order valence-electron chi connectivity index (χ2n) is 6.11. The number of rotatable bonds is 6. The molecule has 0 aromatic carbocycles. The van der Waals surface area contributed by atoms with Crippen molar-refractivity contribution in [3.05, 3.63) is 52.2 Å². The number of aromatic amines is 1. The quantitative estimate of drug-likeness (QED) is 0.729. The van der Waals surface area contributed by atoms with E-state index >= 15 is 0 Å². The Balaban J connectivity index is 2.39. The Morgan fingerprint density at radius 2 is 2.04 bits per heavy atom. The largest absolute Gasteiger partial charge is 0.433 e. The van der Waals surface area contributed by atoms with Gasteiger partial charge in [-0.3, -0.25) is 14.9 Å². The lowest BCUT2D eigenvalue weighted by Crippen LogP contribution is -2.11. The van der Waals surface area contributed by atoms with Crippen LogP contribution in [0.15, 0.2) is 24.0 Å². The van der Waals surface area contributed by atoms with Gasteiger partial charge in [0.2, 0.25) is 0 Å². The molecule has 0 radical (unpaired) electrons. The highest BCUT2D eigenvalue weighted by Gasteiger charge is 2.36. The maximum Gasteiger partial charge on any atom is 0.433 e. The van der Waals surface area contributed by atoms with E-state index in [1.807, 2.05) is 31.1 Å². The average molecular weight is 378 g/mol. The first-order valence-corrected chi connectivity index (χ1v) is 8.33. The van der Waals surface area contributed by atoms with Crippen LogP contribution in [0.25, 0.3) is 12.2 Å². The summed E-state index contributed by atoms with van der Waals surface area (Å²) in [5.41, 5.74) is 2.05. The number of carbonyl (C=O) groups excluding carboxylic acids is 1. The molecule has 0 aliphatic carbocycles. The van der Waals surface area contributed by atoms with Crippen LogP contribution in [0, 0.1) is 6.92 Å². The molecule has 0 spiro atoms. The van der Waals surface area contributed by atoms with E-state index in [1.54, 1.807) is 24.3 Å². The molecular formula is C19H21F3N4O. The summed E-state index contributed by atoms with van der Waals surface area (Å²) in [5, 5.41) is 5.49. The maximum atomic E-state index is 12.9. The standard InChI is InChI=1S/C19H21F3N4O/c1-5-12(2)10-14-13(3)23-8-6-17(14)26(4)9-7-16-15(11-27)18(25-24-16)19(20,21)22/h6-11H,5H2,1-4H3,(H,24,25)/b9-7-,12-10+. The molecular weight excluding hydrogens is 357 g/mol. The van der Waals surface area contributed by atoms with Crippen LogP contribution in [-0.2, 0) is 6.18 Å². The van der Waals surface area contributed by atoms with Gasteiger partial charge in [0.15, 0.2) is 12.0 Å². The predicted molar refractivity (Wildman–Crippen MR) is 99.3 cm³/mol. The third-order valence-corrected chi connectivity index (χ3v) is 4.19. The van der Waals surface area contributed by atoms with Gasteiger partial charge in [-0.05, 0) is 32.4 Å². The minimum Gasteiger partial charge on any atom is -0.350 e. The lowest BCUT2D eigenvalue weighted by Gasteiger charge is -2.18. The van der Waals surface area contributed by atoms with E-state index in [9.17, 15) is 18.0 Å². The van der Waals surface area contributed by atoms with Crippen molar-refractivity contribution in [2.75, 3.05) is 11.9 Å². The van der Waals surface area contributed by atoms with E-state index < -0.39 is 17.4 Å². The van der Waals surface area contributed by atoms with E-state index in [4.69, 9.17) is 0 Å². The molecule has 0 saturated heterocycles. The summed E-state index contributed by atoms with van der Waals surface area (Å²) < 4.78 is 38.7. The summed E-state index contributed by atoms with van der Waals surface area (Å²) in [4.78, 5) is 17.2. The summed E-state index contributed by atoms with van der Waals surface area (Å²) in [6.45, 7) is 5.96. The number of hydrogen-bond acceptors (Lipinski definition) is 4. The molecule has 0 aliphatic heterocycles. The fourth-order valence-electron chi connectivity index (χ4n) is 2.49.